The van der Waals surface area contributed by atoms with Crippen molar-refractivity contribution in [1.82, 2.24) is 25.5 Å². The average molecular weight is 710 g/mol. The number of rotatable bonds is 9. The highest BCUT2D eigenvalue weighted by Gasteiger charge is 2.52. The van der Waals surface area contributed by atoms with Crippen molar-refractivity contribution in [3.8, 4) is 18.0 Å². The van der Waals surface area contributed by atoms with E-state index in [1.807, 2.05) is 0 Å². The van der Waals surface area contributed by atoms with Gasteiger partial charge in [-0.25, -0.2) is 8.78 Å². The summed E-state index contributed by atoms with van der Waals surface area (Å²) in [6.45, 7) is 1.37. The van der Waals surface area contributed by atoms with E-state index < -0.39 is 23.4 Å². The number of alkyl halides is 1. The molecule has 0 spiro atoms. The first-order chi connectivity index (χ1) is 23.7. The molecule has 5 heterocycles. The first-order valence-corrected chi connectivity index (χ1v) is 18.7. The Hall–Kier alpha value is -3.31. The SMILES string of the molecule is N#Cc1c(N)sc2c1[C@@H](c1c(Cl)cc3c(O[C@H]4C[C@@H](NC(=O)[C@@H]5N[C@H]5C5CC5)C4)nc(OCC45CCCN4C[C@H](F)C5)nc3c1F)CCC2. The molecule has 1 aromatic carbocycles. The Balaban J connectivity index is 1.02. The van der Waals surface area contributed by atoms with Gasteiger partial charge < -0.3 is 20.5 Å². The topological polar surface area (TPSA) is 148 Å². The molecule has 14 heteroatoms. The van der Waals surface area contributed by atoms with E-state index >= 15 is 4.39 Å². The monoisotopic (exact) mass is 709 g/mol. The Bertz CT molecular complexity index is 1890. The summed E-state index contributed by atoms with van der Waals surface area (Å²) in [6.07, 6.45) is 6.67. The fourth-order valence-corrected chi connectivity index (χ4v) is 10.3. The molecular weight excluding hydrogens is 672 g/mol. The lowest BCUT2D eigenvalue weighted by Gasteiger charge is -2.35. The molecule has 1 amide bonds. The number of halogens is 3. The Morgan fingerprint density at radius 3 is 2.90 bits per heavy atom. The molecule has 2 aromatic heterocycles. The molecule has 10 nitrogen and oxygen atoms in total. The molecule has 9 rings (SSSR count). The second-order valence-corrected chi connectivity index (χ2v) is 16.4. The van der Waals surface area contributed by atoms with Crippen molar-refractivity contribution in [3.05, 3.63) is 38.5 Å². The molecule has 3 aliphatic carbocycles. The van der Waals surface area contributed by atoms with Crippen molar-refractivity contribution >= 4 is 44.7 Å². The van der Waals surface area contributed by atoms with E-state index in [0.29, 0.717) is 60.1 Å². The number of carbonyl (C=O) groups is 1. The number of nitrogens with one attached hydrogen (secondary N) is 2. The number of hydrogen-bond donors (Lipinski definition) is 3. The van der Waals surface area contributed by atoms with E-state index in [1.54, 1.807) is 6.07 Å². The lowest BCUT2D eigenvalue weighted by atomic mass is 9.80. The van der Waals surface area contributed by atoms with Crippen molar-refractivity contribution in [2.75, 3.05) is 25.4 Å². The van der Waals surface area contributed by atoms with Crippen LogP contribution in [0.5, 0.6) is 11.9 Å². The standard InChI is InChI=1S/C35H38ClF2N7O3S/c36-23-11-21-29(27(38)26(23)20-3-1-4-24-25(20)22(13-39)31(40)49-24)43-34(47-15-35-7-2-8-45(35)14-17(37)12-35)44-33(21)48-19-9-18(10-19)41-32(46)30-28(42-30)16-5-6-16/h11,16-20,28,30,42H,1-10,12,14-15,40H2,(H,41,46)/t17-,18-,19+,20+,28+,30-,35?/m1/s1. The predicted octanol–water partition coefficient (Wildman–Crippen LogP) is 5.14. The molecule has 3 aromatic rings. The van der Waals surface area contributed by atoms with Gasteiger partial charge >= 0.3 is 6.01 Å². The van der Waals surface area contributed by atoms with Crippen molar-refractivity contribution in [1.29, 1.82) is 5.26 Å². The van der Waals surface area contributed by atoms with Gasteiger partial charge in [0.2, 0.25) is 11.8 Å². The van der Waals surface area contributed by atoms with Crippen LogP contribution in [-0.2, 0) is 11.2 Å². The fourth-order valence-electron chi connectivity index (χ4n) is 8.85. The highest BCUT2D eigenvalue weighted by molar-refractivity contribution is 7.16. The molecule has 6 aliphatic rings. The first kappa shape index (κ1) is 31.7. The summed E-state index contributed by atoms with van der Waals surface area (Å²) in [5, 5.41) is 17.3. The maximum absolute atomic E-state index is 16.9. The number of nitrogens with zero attached hydrogens (tertiary/aromatic N) is 4. The summed E-state index contributed by atoms with van der Waals surface area (Å²) in [5.41, 5.74) is 7.17. The molecular formula is C35H38ClF2N7O3S. The number of aromatic nitrogens is 2. The Morgan fingerprint density at radius 2 is 2.10 bits per heavy atom. The number of thiophene rings is 1. The summed E-state index contributed by atoms with van der Waals surface area (Å²) in [5.74, 6) is -0.265. The van der Waals surface area contributed by atoms with Crippen LogP contribution in [0.2, 0.25) is 5.02 Å². The number of fused-ring (bicyclic) bond motifs is 3. The van der Waals surface area contributed by atoms with Crippen LogP contribution in [0.25, 0.3) is 10.9 Å². The van der Waals surface area contributed by atoms with E-state index in [9.17, 15) is 14.4 Å². The zero-order valence-corrected chi connectivity index (χ0v) is 28.5. The van der Waals surface area contributed by atoms with Gasteiger partial charge in [0.25, 0.3) is 0 Å². The Kier molecular flexibility index (Phi) is 7.68. The lowest BCUT2D eigenvalue weighted by Crippen LogP contribution is -2.50. The number of carbonyl (C=O) groups excluding carboxylic acids is 1. The van der Waals surface area contributed by atoms with Crippen LogP contribution in [0.1, 0.15) is 85.3 Å². The minimum atomic E-state index is -0.922. The summed E-state index contributed by atoms with van der Waals surface area (Å²) >= 11 is 8.27. The maximum atomic E-state index is 16.9. The van der Waals surface area contributed by atoms with Crippen LogP contribution in [0.15, 0.2) is 6.07 Å². The van der Waals surface area contributed by atoms with Gasteiger partial charge in [-0.2, -0.15) is 15.2 Å². The molecule has 5 fully saturated rings. The number of nitriles is 1. The van der Waals surface area contributed by atoms with E-state index in [1.165, 1.54) is 24.2 Å². The summed E-state index contributed by atoms with van der Waals surface area (Å²) in [7, 11) is 0. The number of ether oxygens (including phenoxy) is 2. The minimum Gasteiger partial charge on any atom is -0.474 e. The third-order valence-corrected chi connectivity index (χ3v) is 13.0. The highest BCUT2D eigenvalue weighted by atomic mass is 35.5. The Morgan fingerprint density at radius 1 is 1.27 bits per heavy atom. The number of nitrogen functional groups attached to an aromatic ring is 1. The molecule has 5 atom stereocenters. The van der Waals surface area contributed by atoms with Crippen molar-refractivity contribution in [3.63, 3.8) is 0 Å². The van der Waals surface area contributed by atoms with Crippen molar-refractivity contribution in [2.24, 2.45) is 5.92 Å². The molecule has 49 heavy (non-hydrogen) atoms. The van der Waals surface area contributed by atoms with Gasteiger partial charge in [0.1, 0.15) is 41.5 Å². The molecule has 0 bridgehead atoms. The minimum absolute atomic E-state index is 0.0129. The third-order valence-electron chi connectivity index (χ3n) is 11.6. The largest absolute Gasteiger partial charge is 0.474 e. The predicted molar refractivity (Wildman–Crippen MR) is 180 cm³/mol. The molecule has 1 unspecified atom stereocenters. The molecule has 2 saturated carbocycles. The number of anilines is 1. The third kappa shape index (κ3) is 5.50. The van der Waals surface area contributed by atoms with Gasteiger partial charge in [-0.05, 0) is 69.0 Å². The van der Waals surface area contributed by atoms with Gasteiger partial charge in [-0.3, -0.25) is 15.0 Å². The Labute approximate surface area is 291 Å². The number of nitrogens with two attached hydrogens (primary N) is 1. The highest BCUT2D eigenvalue weighted by Crippen LogP contribution is 2.49. The number of amides is 1. The average Bonchev–Trinajstić information content (AvgIpc) is 3.95. The summed E-state index contributed by atoms with van der Waals surface area (Å²) in [6, 6.07) is 4.00. The van der Waals surface area contributed by atoms with Crippen molar-refractivity contribution in [2.45, 2.75) is 106 Å². The first-order valence-electron chi connectivity index (χ1n) is 17.5. The molecule has 3 aliphatic heterocycles. The smallest absolute Gasteiger partial charge is 0.320 e. The molecule has 3 saturated heterocycles. The van der Waals surface area contributed by atoms with Crippen LogP contribution in [0.4, 0.5) is 13.8 Å². The fraction of sp³-hybridized carbons (Fsp3) is 0.600. The zero-order chi connectivity index (χ0) is 33.6. The second kappa shape index (κ2) is 11.9. The van der Waals surface area contributed by atoms with Crippen molar-refractivity contribution < 1.29 is 23.0 Å². The van der Waals surface area contributed by atoms with Gasteiger partial charge in [0.15, 0.2) is 5.82 Å². The van der Waals surface area contributed by atoms with E-state index in [4.69, 9.17) is 26.8 Å². The maximum Gasteiger partial charge on any atom is 0.320 e. The molecule has 4 N–H and O–H groups in total. The van der Waals surface area contributed by atoms with E-state index in [-0.39, 0.29) is 58.7 Å². The summed E-state index contributed by atoms with van der Waals surface area (Å²) in [4.78, 5) is 25.0. The van der Waals surface area contributed by atoms with E-state index in [2.05, 4.69) is 31.6 Å². The van der Waals surface area contributed by atoms with Gasteiger partial charge in [-0.15, -0.1) is 11.3 Å². The van der Waals surface area contributed by atoms with Gasteiger partial charge in [0, 0.05) is 59.3 Å². The number of aryl methyl sites for hydroxylation is 1. The van der Waals surface area contributed by atoms with E-state index in [0.717, 1.165) is 42.7 Å². The van der Waals surface area contributed by atoms with Crippen LogP contribution in [0, 0.1) is 23.1 Å². The second-order valence-electron chi connectivity index (χ2n) is 14.8. The van der Waals surface area contributed by atoms with Gasteiger partial charge in [-0.1, -0.05) is 11.6 Å². The van der Waals surface area contributed by atoms with Crippen LogP contribution < -0.4 is 25.8 Å². The van der Waals surface area contributed by atoms with Gasteiger partial charge in [0.05, 0.1) is 16.5 Å². The van der Waals surface area contributed by atoms with Crippen LogP contribution in [-0.4, -0.2) is 76.4 Å². The lowest BCUT2D eigenvalue weighted by molar-refractivity contribution is -0.122. The van der Waals surface area contributed by atoms with Crippen LogP contribution >= 0.6 is 22.9 Å². The number of benzene rings is 1. The van der Waals surface area contributed by atoms with Crippen LogP contribution in [0.3, 0.4) is 0 Å². The molecule has 258 valence electrons. The zero-order valence-electron chi connectivity index (χ0n) is 26.9. The quantitative estimate of drug-likeness (QED) is 0.257. The normalized spacial score (nSPS) is 31.9. The number of hydrogen-bond acceptors (Lipinski definition) is 10. The molecule has 0 radical (unpaired) electrons. The summed E-state index contributed by atoms with van der Waals surface area (Å²) < 4.78 is 44.0.